The van der Waals surface area contributed by atoms with Crippen LogP contribution in [0.25, 0.3) is 11.0 Å². The molecule has 7 nitrogen and oxygen atoms in total. The highest BCUT2D eigenvalue weighted by Crippen LogP contribution is 2.31. The minimum absolute atomic E-state index is 0.138. The second-order valence-corrected chi connectivity index (χ2v) is 10.1. The van der Waals surface area contributed by atoms with Crippen molar-refractivity contribution in [2.75, 3.05) is 5.32 Å². The molecule has 0 saturated carbocycles. The molecule has 0 aliphatic heterocycles. The predicted molar refractivity (Wildman–Crippen MR) is 145 cm³/mol. The molecule has 0 unspecified atom stereocenters. The molecular formula is C28H25Cl2N3O4. The summed E-state index contributed by atoms with van der Waals surface area (Å²) in [5, 5.41) is 8.95. The molecule has 4 aromatic rings. The molecule has 2 amide bonds. The number of anilines is 1. The molecule has 0 bridgehead atoms. The van der Waals surface area contributed by atoms with Crippen molar-refractivity contribution in [3.8, 4) is 0 Å². The first kappa shape index (κ1) is 25.1. The number of carbonyl (C=O) groups excluding carboxylic acids is 2. The SMILES string of the molecule is Cc1ccc2c(CC(=O)N/N=C3\CCCc4oc(C(=O)Nc5cc(Cl)cc(Cl)c5)c(C)c43)coc2c1C. The standard InChI is InChI=1S/C28H25Cl2N3O4/c1-14-7-8-21-17(13-36-26(21)15(14)2)9-24(34)33-32-22-5-4-6-23-25(22)16(3)27(37-23)28(35)31-20-11-18(29)10-19(30)12-20/h7-8,10-13H,4-6,9H2,1-3H3,(H,31,35)(H,33,34)/b32-22+. The molecule has 0 atom stereocenters. The van der Waals surface area contributed by atoms with Gasteiger partial charge < -0.3 is 14.2 Å². The van der Waals surface area contributed by atoms with E-state index in [0.717, 1.165) is 39.6 Å². The molecule has 0 radical (unpaired) electrons. The third-order valence-corrected chi connectivity index (χ3v) is 7.10. The summed E-state index contributed by atoms with van der Waals surface area (Å²) in [5.41, 5.74) is 9.06. The molecule has 2 aromatic heterocycles. The van der Waals surface area contributed by atoms with E-state index in [-0.39, 0.29) is 18.1 Å². The van der Waals surface area contributed by atoms with Gasteiger partial charge in [0.1, 0.15) is 11.3 Å². The number of fused-ring (bicyclic) bond motifs is 2. The second kappa shape index (κ2) is 10.1. The minimum Gasteiger partial charge on any atom is -0.464 e. The van der Waals surface area contributed by atoms with Crippen molar-refractivity contribution >= 4 is 57.4 Å². The van der Waals surface area contributed by atoms with Crippen LogP contribution in [0.5, 0.6) is 0 Å². The van der Waals surface area contributed by atoms with E-state index in [9.17, 15) is 9.59 Å². The molecular weight excluding hydrogens is 513 g/mol. The van der Waals surface area contributed by atoms with Crippen molar-refractivity contribution < 1.29 is 18.4 Å². The lowest BCUT2D eigenvalue weighted by molar-refractivity contribution is -0.120. The summed E-state index contributed by atoms with van der Waals surface area (Å²) >= 11 is 12.1. The van der Waals surface area contributed by atoms with Crippen LogP contribution in [0.1, 0.15) is 57.0 Å². The van der Waals surface area contributed by atoms with Crippen LogP contribution >= 0.6 is 23.2 Å². The normalized spacial score (nSPS) is 14.1. The number of rotatable bonds is 5. The molecule has 9 heteroatoms. The molecule has 190 valence electrons. The first-order chi connectivity index (χ1) is 17.7. The fourth-order valence-corrected chi connectivity index (χ4v) is 5.20. The van der Waals surface area contributed by atoms with E-state index in [1.807, 2.05) is 32.9 Å². The lowest BCUT2D eigenvalue weighted by atomic mass is 9.93. The third kappa shape index (κ3) is 5.02. The molecule has 5 rings (SSSR count). The molecule has 0 spiro atoms. The maximum Gasteiger partial charge on any atom is 0.291 e. The molecule has 0 saturated heterocycles. The zero-order chi connectivity index (χ0) is 26.3. The molecule has 2 heterocycles. The van der Waals surface area contributed by atoms with Crippen LogP contribution in [-0.2, 0) is 17.6 Å². The van der Waals surface area contributed by atoms with Crippen LogP contribution in [0, 0.1) is 20.8 Å². The Morgan fingerprint density at radius 3 is 2.54 bits per heavy atom. The van der Waals surface area contributed by atoms with Crippen molar-refractivity contribution in [1.29, 1.82) is 0 Å². The van der Waals surface area contributed by atoms with Gasteiger partial charge >= 0.3 is 0 Å². The largest absolute Gasteiger partial charge is 0.464 e. The number of furan rings is 2. The van der Waals surface area contributed by atoms with Crippen molar-refractivity contribution in [2.24, 2.45) is 5.10 Å². The maximum atomic E-state index is 13.0. The van der Waals surface area contributed by atoms with Gasteiger partial charge in [-0.3, -0.25) is 9.59 Å². The first-order valence-electron chi connectivity index (χ1n) is 11.9. The van der Waals surface area contributed by atoms with E-state index in [0.29, 0.717) is 45.6 Å². The average molecular weight is 538 g/mol. The van der Waals surface area contributed by atoms with Crippen molar-refractivity contribution in [3.63, 3.8) is 0 Å². The summed E-state index contributed by atoms with van der Waals surface area (Å²) in [4.78, 5) is 25.7. The highest BCUT2D eigenvalue weighted by atomic mass is 35.5. The number of hydrogen-bond acceptors (Lipinski definition) is 5. The maximum absolute atomic E-state index is 13.0. The zero-order valence-corrected chi connectivity index (χ0v) is 22.1. The number of nitrogens with one attached hydrogen (secondary N) is 2. The van der Waals surface area contributed by atoms with Crippen molar-refractivity contribution in [1.82, 2.24) is 5.43 Å². The number of amides is 2. The molecule has 1 aliphatic rings. The quantitative estimate of drug-likeness (QED) is 0.270. The number of aryl methyl sites for hydroxylation is 3. The fourth-order valence-electron chi connectivity index (χ4n) is 4.68. The Hall–Kier alpha value is -3.55. The molecule has 2 aromatic carbocycles. The molecule has 1 aliphatic carbocycles. The summed E-state index contributed by atoms with van der Waals surface area (Å²) in [6.45, 7) is 5.84. The monoisotopic (exact) mass is 537 g/mol. The van der Waals surface area contributed by atoms with Crippen LogP contribution < -0.4 is 10.7 Å². The Morgan fingerprint density at radius 2 is 1.78 bits per heavy atom. The van der Waals surface area contributed by atoms with E-state index >= 15 is 0 Å². The van der Waals surface area contributed by atoms with E-state index in [4.69, 9.17) is 32.0 Å². The number of hydrogen-bond donors (Lipinski definition) is 2. The number of carbonyl (C=O) groups is 2. The van der Waals surface area contributed by atoms with Gasteiger partial charge in [-0.05, 0) is 62.9 Å². The van der Waals surface area contributed by atoms with Crippen LogP contribution in [0.4, 0.5) is 5.69 Å². The summed E-state index contributed by atoms with van der Waals surface area (Å²) in [5.74, 6) is 0.207. The Balaban J connectivity index is 1.33. The number of nitrogens with zero attached hydrogens (tertiary/aromatic N) is 1. The summed E-state index contributed by atoms with van der Waals surface area (Å²) in [6, 6.07) is 8.80. The van der Waals surface area contributed by atoms with E-state index in [1.165, 1.54) is 0 Å². The van der Waals surface area contributed by atoms with E-state index in [1.54, 1.807) is 24.5 Å². The predicted octanol–water partition coefficient (Wildman–Crippen LogP) is 6.91. The third-order valence-electron chi connectivity index (χ3n) is 6.66. The van der Waals surface area contributed by atoms with Crippen LogP contribution in [0.2, 0.25) is 10.0 Å². The van der Waals surface area contributed by atoms with Crippen LogP contribution in [0.15, 0.2) is 50.5 Å². The van der Waals surface area contributed by atoms with Gasteiger partial charge in [-0.1, -0.05) is 35.3 Å². The van der Waals surface area contributed by atoms with Crippen molar-refractivity contribution in [2.45, 2.75) is 46.5 Å². The summed E-state index contributed by atoms with van der Waals surface area (Å²) in [7, 11) is 0. The van der Waals surface area contributed by atoms with Gasteiger partial charge in [0.2, 0.25) is 5.91 Å². The van der Waals surface area contributed by atoms with Gasteiger partial charge in [-0.2, -0.15) is 5.10 Å². The van der Waals surface area contributed by atoms with Gasteiger partial charge in [0.15, 0.2) is 5.76 Å². The Labute approximate surface area is 223 Å². The highest BCUT2D eigenvalue weighted by molar-refractivity contribution is 6.35. The smallest absolute Gasteiger partial charge is 0.291 e. The highest BCUT2D eigenvalue weighted by Gasteiger charge is 2.28. The van der Waals surface area contributed by atoms with Crippen LogP contribution in [-0.4, -0.2) is 17.5 Å². The van der Waals surface area contributed by atoms with Gasteiger partial charge in [0, 0.05) is 44.2 Å². The summed E-state index contributed by atoms with van der Waals surface area (Å²) in [6.07, 6.45) is 3.90. The lowest BCUT2D eigenvalue weighted by Gasteiger charge is -2.13. The first-order valence-corrected chi connectivity index (χ1v) is 12.7. The fraction of sp³-hybridized carbons (Fsp3) is 0.250. The molecule has 2 N–H and O–H groups in total. The Bertz CT molecular complexity index is 1560. The van der Waals surface area contributed by atoms with Gasteiger partial charge in [-0.25, -0.2) is 5.43 Å². The number of halogens is 2. The van der Waals surface area contributed by atoms with E-state index in [2.05, 4.69) is 15.8 Å². The van der Waals surface area contributed by atoms with E-state index < -0.39 is 5.91 Å². The Morgan fingerprint density at radius 1 is 1.03 bits per heavy atom. The molecule has 0 fully saturated rings. The van der Waals surface area contributed by atoms with Gasteiger partial charge in [0.25, 0.3) is 5.91 Å². The minimum atomic E-state index is -0.411. The van der Waals surface area contributed by atoms with Crippen LogP contribution in [0.3, 0.4) is 0 Å². The second-order valence-electron chi connectivity index (χ2n) is 9.24. The summed E-state index contributed by atoms with van der Waals surface area (Å²) < 4.78 is 11.7. The van der Waals surface area contributed by atoms with Gasteiger partial charge in [0.05, 0.1) is 18.4 Å². The topological polar surface area (TPSA) is 96.8 Å². The number of benzene rings is 2. The lowest BCUT2D eigenvalue weighted by Crippen LogP contribution is -2.23. The number of hydrazone groups is 1. The molecule has 37 heavy (non-hydrogen) atoms. The zero-order valence-electron chi connectivity index (χ0n) is 20.6. The Kier molecular flexibility index (Phi) is 6.84. The van der Waals surface area contributed by atoms with Gasteiger partial charge in [-0.15, -0.1) is 0 Å². The van der Waals surface area contributed by atoms with Crippen molar-refractivity contribution in [3.05, 3.63) is 86.0 Å². The average Bonchev–Trinajstić information content (AvgIpc) is 3.41.